The summed E-state index contributed by atoms with van der Waals surface area (Å²) in [7, 11) is 1.81. The van der Waals surface area contributed by atoms with Crippen LogP contribution in [0.1, 0.15) is 26.2 Å². The van der Waals surface area contributed by atoms with Crippen molar-refractivity contribution in [2.24, 2.45) is 5.92 Å². The van der Waals surface area contributed by atoms with Gasteiger partial charge in [-0.3, -0.25) is 9.59 Å². The minimum Gasteiger partial charge on any atom is -0.346 e. The zero-order valence-corrected chi connectivity index (χ0v) is 15.1. The fourth-order valence-corrected chi connectivity index (χ4v) is 2.88. The third-order valence-corrected chi connectivity index (χ3v) is 4.62. The van der Waals surface area contributed by atoms with Crippen LogP contribution in [0, 0.1) is 5.92 Å². The Bertz CT molecular complexity index is 564. The highest BCUT2D eigenvalue weighted by Gasteiger charge is 2.26. The Hall–Kier alpha value is -1.66. The highest BCUT2D eigenvalue weighted by atomic mass is 35.5. The number of hydrogen-bond donors (Lipinski definition) is 1. The molecular formula is C17H25ClN4O2. The molecule has 0 spiro atoms. The number of nitrogens with one attached hydrogen (secondary N) is 1. The van der Waals surface area contributed by atoms with Crippen molar-refractivity contribution in [2.75, 3.05) is 38.5 Å². The number of likely N-dealkylation sites (tertiary alicyclic amines) is 1. The molecule has 7 heteroatoms. The molecule has 1 aliphatic rings. The maximum atomic E-state index is 12.4. The van der Waals surface area contributed by atoms with Crippen LogP contribution in [0.4, 0.5) is 5.82 Å². The monoisotopic (exact) mass is 352 g/mol. The van der Waals surface area contributed by atoms with Crippen LogP contribution in [0.3, 0.4) is 0 Å². The number of carbonyl (C=O) groups is 2. The predicted octanol–water partition coefficient (Wildman–Crippen LogP) is 2.25. The number of amides is 2. The average molecular weight is 353 g/mol. The maximum absolute atomic E-state index is 12.4. The zero-order chi connectivity index (χ0) is 17.5. The van der Waals surface area contributed by atoms with Crippen molar-refractivity contribution in [1.82, 2.24) is 14.8 Å². The molecule has 0 saturated carbocycles. The van der Waals surface area contributed by atoms with Gasteiger partial charge in [0.25, 0.3) is 0 Å². The normalized spacial score (nSPS) is 18.2. The van der Waals surface area contributed by atoms with Crippen molar-refractivity contribution in [3.8, 4) is 0 Å². The Kier molecular flexibility index (Phi) is 6.99. The van der Waals surface area contributed by atoms with Crippen molar-refractivity contribution < 1.29 is 9.59 Å². The van der Waals surface area contributed by atoms with E-state index < -0.39 is 0 Å². The van der Waals surface area contributed by atoms with E-state index >= 15 is 0 Å². The van der Waals surface area contributed by atoms with E-state index in [2.05, 4.69) is 15.2 Å². The molecule has 1 fully saturated rings. The molecule has 2 rings (SSSR count). The van der Waals surface area contributed by atoms with E-state index in [0.717, 1.165) is 25.9 Å². The summed E-state index contributed by atoms with van der Waals surface area (Å²) in [6.45, 7) is 5.00. The Morgan fingerprint density at radius 2 is 2.25 bits per heavy atom. The van der Waals surface area contributed by atoms with Crippen LogP contribution in [-0.4, -0.2) is 59.8 Å². The second-order valence-corrected chi connectivity index (χ2v) is 6.59. The van der Waals surface area contributed by atoms with Gasteiger partial charge in [-0.05, 0) is 38.4 Å². The fraction of sp³-hybridized carbons (Fsp3) is 0.588. The fourth-order valence-electron chi connectivity index (χ4n) is 2.77. The Morgan fingerprint density at radius 3 is 2.92 bits per heavy atom. The first-order chi connectivity index (χ1) is 11.5. The maximum Gasteiger partial charge on any atom is 0.229 e. The third kappa shape index (κ3) is 5.46. The average Bonchev–Trinajstić information content (AvgIpc) is 2.61. The van der Waals surface area contributed by atoms with Gasteiger partial charge < -0.3 is 15.1 Å². The molecule has 2 amide bonds. The molecule has 0 aliphatic carbocycles. The van der Waals surface area contributed by atoms with Gasteiger partial charge in [0.05, 0.1) is 10.9 Å². The van der Waals surface area contributed by atoms with E-state index in [-0.39, 0.29) is 17.7 Å². The smallest absolute Gasteiger partial charge is 0.229 e. The van der Waals surface area contributed by atoms with Crippen LogP contribution in [0.2, 0.25) is 5.02 Å². The molecule has 1 aromatic rings. The van der Waals surface area contributed by atoms with Crippen molar-refractivity contribution in [2.45, 2.75) is 26.2 Å². The van der Waals surface area contributed by atoms with Crippen molar-refractivity contribution in [3.05, 3.63) is 23.4 Å². The first kappa shape index (κ1) is 18.7. The minimum atomic E-state index is -0.0739. The van der Waals surface area contributed by atoms with Gasteiger partial charge in [0, 0.05) is 39.3 Å². The lowest BCUT2D eigenvalue weighted by molar-refractivity contribution is -0.130. The van der Waals surface area contributed by atoms with E-state index in [9.17, 15) is 9.59 Å². The topological polar surface area (TPSA) is 65.5 Å². The molecule has 1 unspecified atom stereocenters. The highest BCUT2D eigenvalue weighted by molar-refractivity contribution is 6.30. The predicted molar refractivity (Wildman–Crippen MR) is 95.0 cm³/mol. The molecule has 6 nitrogen and oxygen atoms in total. The van der Waals surface area contributed by atoms with E-state index in [1.165, 1.54) is 6.20 Å². The Labute approximate surface area is 148 Å². The van der Waals surface area contributed by atoms with Gasteiger partial charge in [-0.25, -0.2) is 4.98 Å². The number of rotatable bonds is 6. The second kappa shape index (κ2) is 8.99. The minimum absolute atomic E-state index is 0.0217. The number of nitrogens with zero attached hydrogens (tertiary/aromatic N) is 3. The van der Waals surface area contributed by atoms with Gasteiger partial charge in [-0.1, -0.05) is 11.6 Å². The molecule has 24 heavy (non-hydrogen) atoms. The second-order valence-electron chi connectivity index (χ2n) is 6.15. The lowest BCUT2D eigenvalue weighted by Crippen LogP contribution is -2.42. The summed E-state index contributed by atoms with van der Waals surface area (Å²) in [5, 5.41) is 3.38. The van der Waals surface area contributed by atoms with Gasteiger partial charge in [0.2, 0.25) is 11.8 Å². The molecule has 0 radical (unpaired) electrons. The first-order valence-corrected chi connectivity index (χ1v) is 8.76. The summed E-state index contributed by atoms with van der Waals surface area (Å²) >= 11 is 5.80. The van der Waals surface area contributed by atoms with E-state index in [1.807, 2.05) is 14.0 Å². The molecule has 0 bridgehead atoms. The van der Waals surface area contributed by atoms with Gasteiger partial charge in [0.1, 0.15) is 5.82 Å². The molecule has 1 atom stereocenters. The number of anilines is 1. The number of aromatic nitrogens is 1. The molecule has 1 aliphatic heterocycles. The Morgan fingerprint density at radius 1 is 1.46 bits per heavy atom. The molecule has 132 valence electrons. The van der Waals surface area contributed by atoms with Crippen LogP contribution < -0.4 is 5.32 Å². The molecule has 0 aromatic carbocycles. The summed E-state index contributed by atoms with van der Waals surface area (Å²) in [5.41, 5.74) is 0. The van der Waals surface area contributed by atoms with Crippen LogP contribution in [-0.2, 0) is 9.59 Å². The van der Waals surface area contributed by atoms with Crippen molar-refractivity contribution >= 4 is 29.2 Å². The molecular weight excluding hydrogens is 328 g/mol. The highest BCUT2D eigenvalue weighted by Crippen LogP contribution is 2.19. The van der Waals surface area contributed by atoms with E-state index in [1.54, 1.807) is 17.0 Å². The number of carbonyl (C=O) groups excluding carboxylic acids is 2. The summed E-state index contributed by atoms with van der Waals surface area (Å²) in [5.74, 6) is 0.567. The molecule has 1 aromatic heterocycles. The molecule has 2 heterocycles. The summed E-state index contributed by atoms with van der Waals surface area (Å²) in [4.78, 5) is 32.3. The zero-order valence-electron chi connectivity index (χ0n) is 14.3. The standard InChI is InChI=1S/C17H25ClN4O2/c1-3-21(2)16(23)8-10-22-9-4-5-13(12-22)17(24)20-15-7-6-14(18)11-19-15/h6-7,11,13H,3-5,8-10,12H2,1-2H3,(H,19,20,24). The summed E-state index contributed by atoms with van der Waals surface area (Å²) in [6, 6.07) is 3.40. The van der Waals surface area contributed by atoms with E-state index in [4.69, 9.17) is 11.6 Å². The van der Waals surface area contributed by atoms with Gasteiger partial charge in [-0.15, -0.1) is 0 Å². The summed E-state index contributed by atoms with van der Waals surface area (Å²) < 4.78 is 0. The summed E-state index contributed by atoms with van der Waals surface area (Å²) in [6.07, 6.45) is 3.83. The van der Waals surface area contributed by atoms with Gasteiger partial charge >= 0.3 is 0 Å². The molecule has 1 saturated heterocycles. The lowest BCUT2D eigenvalue weighted by atomic mass is 9.97. The molecule has 1 N–H and O–H groups in total. The number of hydrogen-bond acceptors (Lipinski definition) is 4. The number of pyridine rings is 1. The van der Waals surface area contributed by atoms with Gasteiger partial charge in [0.15, 0.2) is 0 Å². The third-order valence-electron chi connectivity index (χ3n) is 4.40. The van der Waals surface area contributed by atoms with Crippen LogP contribution in [0.25, 0.3) is 0 Å². The number of halogens is 1. The van der Waals surface area contributed by atoms with Gasteiger partial charge in [-0.2, -0.15) is 0 Å². The van der Waals surface area contributed by atoms with Crippen LogP contribution >= 0.6 is 11.6 Å². The van der Waals surface area contributed by atoms with Crippen molar-refractivity contribution in [3.63, 3.8) is 0 Å². The quantitative estimate of drug-likeness (QED) is 0.852. The van der Waals surface area contributed by atoms with Crippen molar-refractivity contribution in [1.29, 1.82) is 0 Å². The van der Waals surface area contributed by atoms with Crippen LogP contribution in [0.15, 0.2) is 18.3 Å². The lowest BCUT2D eigenvalue weighted by Gasteiger charge is -2.32. The SMILES string of the molecule is CCN(C)C(=O)CCN1CCCC(C(=O)Nc2ccc(Cl)cn2)C1. The Balaban J connectivity index is 1.82. The first-order valence-electron chi connectivity index (χ1n) is 8.38. The number of piperidine rings is 1. The largest absolute Gasteiger partial charge is 0.346 e. The van der Waals surface area contributed by atoms with Crippen LogP contribution in [0.5, 0.6) is 0 Å². The van der Waals surface area contributed by atoms with E-state index in [0.29, 0.717) is 30.4 Å².